The van der Waals surface area contributed by atoms with Gasteiger partial charge in [-0.05, 0) is 49.1 Å². The molecule has 0 atom stereocenters. The molecule has 1 aliphatic rings. The van der Waals surface area contributed by atoms with Gasteiger partial charge in [-0.25, -0.2) is 8.78 Å². The Kier molecular flexibility index (Phi) is 7.69. The van der Waals surface area contributed by atoms with Gasteiger partial charge < -0.3 is 0 Å². The van der Waals surface area contributed by atoms with E-state index in [2.05, 4.69) is 6.92 Å². The van der Waals surface area contributed by atoms with E-state index < -0.39 is 11.6 Å². The summed E-state index contributed by atoms with van der Waals surface area (Å²) in [5, 5.41) is 8.77. The van der Waals surface area contributed by atoms with Gasteiger partial charge in [0.1, 0.15) is 6.07 Å². The van der Waals surface area contributed by atoms with Crippen molar-refractivity contribution >= 4 is 0 Å². The van der Waals surface area contributed by atoms with Crippen molar-refractivity contribution in [2.45, 2.75) is 83.5 Å². The monoisotopic (exact) mass is 333 g/mol. The van der Waals surface area contributed by atoms with Gasteiger partial charge in [-0.3, -0.25) is 0 Å². The van der Waals surface area contributed by atoms with Gasteiger partial charge in [-0.2, -0.15) is 5.26 Å². The Labute approximate surface area is 145 Å². The third-order valence-corrected chi connectivity index (χ3v) is 5.49. The summed E-state index contributed by atoms with van der Waals surface area (Å²) in [4.78, 5) is 0. The summed E-state index contributed by atoms with van der Waals surface area (Å²) in [6.45, 7) is 2.24. The summed E-state index contributed by atoms with van der Waals surface area (Å²) in [5.74, 6) is -0.940. The van der Waals surface area contributed by atoms with E-state index in [-0.39, 0.29) is 11.5 Å². The minimum Gasteiger partial charge on any atom is -0.203 e. The highest BCUT2D eigenvalue weighted by atomic mass is 19.2. The summed E-state index contributed by atoms with van der Waals surface area (Å²) in [5.41, 5.74) is 0.262. The highest BCUT2D eigenvalue weighted by molar-refractivity contribution is 5.36. The lowest BCUT2D eigenvalue weighted by molar-refractivity contribution is 0.297. The average Bonchev–Trinajstić information content (AvgIpc) is 2.61. The maximum absolute atomic E-state index is 14.2. The number of nitrogens with zero attached hydrogens (tertiary/aromatic N) is 1. The van der Waals surface area contributed by atoms with Gasteiger partial charge in [0.05, 0.1) is 5.56 Å². The van der Waals surface area contributed by atoms with Gasteiger partial charge in [-0.1, -0.05) is 57.9 Å². The molecule has 1 aliphatic carbocycles. The second-order valence-corrected chi connectivity index (χ2v) is 7.22. The third kappa shape index (κ3) is 5.03. The van der Waals surface area contributed by atoms with E-state index in [1.165, 1.54) is 51.0 Å². The predicted molar refractivity (Wildman–Crippen MR) is 93.8 cm³/mol. The number of hydrogen-bond acceptors (Lipinski definition) is 1. The Morgan fingerprint density at radius 2 is 1.62 bits per heavy atom. The summed E-state index contributed by atoms with van der Waals surface area (Å²) in [7, 11) is 0. The van der Waals surface area contributed by atoms with Gasteiger partial charge in [0.25, 0.3) is 0 Å². The Balaban J connectivity index is 1.77. The molecule has 1 fully saturated rings. The first-order valence-electron chi connectivity index (χ1n) is 9.55. The van der Waals surface area contributed by atoms with Crippen molar-refractivity contribution in [3.05, 3.63) is 34.9 Å². The smallest absolute Gasteiger partial charge is 0.176 e. The second-order valence-electron chi connectivity index (χ2n) is 7.22. The minimum absolute atomic E-state index is 0.105. The number of unbranched alkanes of at least 4 members (excludes halogenated alkanes) is 5. The molecule has 3 heteroatoms. The van der Waals surface area contributed by atoms with Crippen LogP contribution in [0.2, 0.25) is 0 Å². The van der Waals surface area contributed by atoms with Crippen LogP contribution in [0.25, 0.3) is 0 Å². The van der Waals surface area contributed by atoms with Crippen LogP contribution in [0.5, 0.6) is 0 Å². The first-order chi connectivity index (χ1) is 11.7. The van der Waals surface area contributed by atoms with Crippen LogP contribution >= 0.6 is 0 Å². The number of halogens is 2. The van der Waals surface area contributed by atoms with Gasteiger partial charge >= 0.3 is 0 Å². The molecule has 132 valence electrons. The lowest BCUT2D eigenvalue weighted by Gasteiger charge is -2.29. The fourth-order valence-corrected chi connectivity index (χ4v) is 3.94. The van der Waals surface area contributed by atoms with Crippen LogP contribution in [-0.2, 0) is 0 Å². The first kappa shape index (κ1) is 18.9. The van der Waals surface area contributed by atoms with Crippen LogP contribution in [0, 0.1) is 28.9 Å². The molecule has 1 aromatic carbocycles. The lowest BCUT2D eigenvalue weighted by atomic mass is 9.76. The molecule has 0 unspecified atom stereocenters. The number of nitriles is 1. The quantitative estimate of drug-likeness (QED) is 0.477. The fraction of sp³-hybridized carbons (Fsp3) is 0.667. The van der Waals surface area contributed by atoms with E-state index in [1.807, 2.05) is 0 Å². The molecule has 0 radical (unpaired) electrons. The molecule has 1 aromatic rings. The molecule has 0 aromatic heterocycles. The van der Waals surface area contributed by atoms with Crippen molar-refractivity contribution in [1.82, 2.24) is 0 Å². The lowest BCUT2D eigenvalue weighted by Crippen LogP contribution is -2.15. The van der Waals surface area contributed by atoms with E-state index in [1.54, 1.807) is 12.1 Å². The van der Waals surface area contributed by atoms with E-state index in [0.717, 1.165) is 31.6 Å². The third-order valence-electron chi connectivity index (χ3n) is 5.49. The molecule has 1 nitrogen and oxygen atoms in total. The molecule has 0 bridgehead atoms. The van der Waals surface area contributed by atoms with Gasteiger partial charge in [0.15, 0.2) is 11.6 Å². The summed E-state index contributed by atoms with van der Waals surface area (Å²) in [6.07, 6.45) is 13.3. The minimum atomic E-state index is -0.982. The van der Waals surface area contributed by atoms with Crippen molar-refractivity contribution in [2.24, 2.45) is 5.92 Å². The topological polar surface area (TPSA) is 23.8 Å². The fourth-order valence-electron chi connectivity index (χ4n) is 3.94. The normalized spacial score (nSPS) is 20.8. The zero-order chi connectivity index (χ0) is 17.4. The molecule has 0 N–H and O–H groups in total. The average molecular weight is 333 g/mol. The Bertz CT molecular complexity index is 554. The Morgan fingerprint density at radius 1 is 0.958 bits per heavy atom. The van der Waals surface area contributed by atoms with Crippen LogP contribution in [0.1, 0.15) is 94.6 Å². The number of hydrogen-bond donors (Lipinski definition) is 0. The maximum atomic E-state index is 14.2. The van der Waals surface area contributed by atoms with Crippen LogP contribution < -0.4 is 0 Å². The largest absolute Gasteiger partial charge is 0.203 e. The first-order valence-corrected chi connectivity index (χ1v) is 9.55. The maximum Gasteiger partial charge on any atom is 0.176 e. The van der Waals surface area contributed by atoms with E-state index in [9.17, 15) is 8.78 Å². The molecular weight excluding hydrogens is 304 g/mol. The highest BCUT2D eigenvalue weighted by Crippen LogP contribution is 2.39. The Hall–Kier alpha value is -1.43. The number of rotatable bonds is 8. The van der Waals surface area contributed by atoms with Gasteiger partial charge in [0, 0.05) is 0 Å². The Morgan fingerprint density at radius 3 is 2.29 bits per heavy atom. The molecule has 0 aliphatic heterocycles. The standard InChI is InChI=1S/C21H29F2N/c1-2-3-4-5-6-7-8-16-9-11-17(12-10-16)19-14-13-18(15-24)20(22)21(19)23/h13-14,16-17H,2-12H2,1H3. The van der Waals surface area contributed by atoms with Gasteiger partial charge in [0.2, 0.25) is 0 Å². The summed E-state index contributed by atoms with van der Waals surface area (Å²) >= 11 is 0. The molecule has 0 heterocycles. The number of benzene rings is 1. The van der Waals surface area contributed by atoms with Crippen LogP contribution in [0.3, 0.4) is 0 Å². The molecular formula is C21H29F2N. The molecule has 1 saturated carbocycles. The van der Waals surface area contributed by atoms with E-state index >= 15 is 0 Å². The highest BCUT2D eigenvalue weighted by Gasteiger charge is 2.26. The molecule has 0 amide bonds. The van der Waals surface area contributed by atoms with Crippen molar-refractivity contribution in [3.8, 4) is 6.07 Å². The van der Waals surface area contributed by atoms with Crippen LogP contribution in [0.15, 0.2) is 12.1 Å². The SMILES string of the molecule is CCCCCCCCC1CCC(c2ccc(C#N)c(F)c2F)CC1. The second kappa shape index (κ2) is 9.77. The molecule has 2 rings (SSSR count). The van der Waals surface area contributed by atoms with E-state index in [4.69, 9.17) is 5.26 Å². The predicted octanol–water partition coefficient (Wildman–Crippen LogP) is 6.86. The molecule has 0 saturated heterocycles. The molecule has 0 spiro atoms. The van der Waals surface area contributed by atoms with Crippen LogP contribution in [0.4, 0.5) is 8.78 Å². The van der Waals surface area contributed by atoms with E-state index in [0.29, 0.717) is 5.56 Å². The zero-order valence-electron chi connectivity index (χ0n) is 14.8. The van der Waals surface area contributed by atoms with Crippen molar-refractivity contribution < 1.29 is 8.78 Å². The zero-order valence-corrected chi connectivity index (χ0v) is 14.8. The van der Waals surface area contributed by atoms with Gasteiger partial charge in [-0.15, -0.1) is 0 Å². The van der Waals surface area contributed by atoms with Crippen molar-refractivity contribution in [1.29, 1.82) is 5.26 Å². The molecule has 24 heavy (non-hydrogen) atoms. The summed E-state index contributed by atoms with van der Waals surface area (Å²) in [6, 6.07) is 4.72. The van der Waals surface area contributed by atoms with Crippen molar-refractivity contribution in [2.75, 3.05) is 0 Å². The summed E-state index contributed by atoms with van der Waals surface area (Å²) < 4.78 is 27.9. The van der Waals surface area contributed by atoms with Crippen LogP contribution in [-0.4, -0.2) is 0 Å². The van der Waals surface area contributed by atoms with Crippen molar-refractivity contribution in [3.63, 3.8) is 0 Å².